The Morgan fingerprint density at radius 2 is 1.62 bits per heavy atom. The van der Waals surface area contributed by atoms with E-state index in [-0.39, 0.29) is 11.9 Å². The molecule has 1 N–H and O–H groups in total. The fraction of sp³-hybridized carbons (Fsp3) is 0.130. The number of anilines is 1. The number of halogens is 1. The first-order valence-corrected chi connectivity index (χ1v) is 8.97. The monoisotopic (exact) mass is 342 g/mol. The summed E-state index contributed by atoms with van der Waals surface area (Å²) in [6.45, 7) is 0.910. The van der Waals surface area contributed by atoms with Gasteiger partial charge in [-0.15, -0.1) is 0 Å². The van der Waals surface area contributed by atoms with E-state index >= 15 is 0 Å². The molecular formula is C23H19FN2. The molecule has 0 spiro atoms. The van der Waals surface area contributed by atoms with Gasteiger partial charge < -0.3 is 9.88 Å². The highest BCUT2D eigenvalue weighted by Gasteiger charge is 2.30. The van der Waals surface area contributed by atoms with Crippen LogP contribution in [0.1, 0.15) is 22.7 Å². The molecule has 2 nitrogen and oxygen atoms in total. The van der Waals surface area contributed by atoms with Gasteiger partial charge in [0.2, 0.25) is 0 Å². The molecule has 26 heavy (non-hydrogen) atoms. The van der Waals surface area contributed by atoms with Crippen LogP contribution >= 0.6 is 0 Å². The predicted octanol–water partition coefficient (Wildman–Crippen LogP) is 5.46. The van der Waals surface area contributed by atoms with Crippen molar-refractivity contribution in [1.29, 1.82) is 0 Å². The molecule has 0 saturated heterocycles. The van der Waals surface area contributed by atoms with Gasteiger partial charge in [-0.25, -0.2) is 4.39 Å². The highest BCUT2D eigenvalue weighted by Crippen LogP contribution is 2.40. The summed E-state index contributed by atoms with van der Waals surface area (Å²) in [6, 6.07) is 24.0. The molecule has 3 aromatic carbocycles. The maximum atomic E-state index is 13.4. The van der Waals surface area contributed by atoms with E-state index in [0.717, 1.165) is 24.2 Å². The first-order valence-electron chi connectivity index (χ1n) is 8.97. The number of nitrogens with one attached hydrogen (secondary N) is 1. The van der Waals surface area contributed by atoms with Gasteiger partial charge in [-0.2, -0.15) is 0 Å². The molecule has 0 radical (unpaired) electrons. The van der Waals surface area contributed by atoms with E-state index in [1.165, 1.54) is 22.1 Å². The molecule has 0 saturated carbocycles. The Bertz CT molecular complexity index is 1060. The number of hydrogen-bond donors (Lipinski definition) is 1. The van der Waals surface area contributed by atoms with E-state index in [0.29, 0.717) is 0 Å². The summed E-state index contributed by atoms with van der Waals surface area (Å²) < 4.78 is 13.4. The molecule has 0 bridgehead atoms. The molecule has 3 heteroatoms. The van der Waals surface area contributed by atoms with Crippen LogP contribution in [0, 0.1) is 5.82 Å². The van der Waals surface area contributed by atoms with Crippen molar-refractivity contribution in [1.82, 2.24) is 4.98 Å². The van der Waals surface area contributed by atoms with Gasteiger partial charge in [-0.3, -0.25) is 0 Å². The molecule has 1 unspecified atom stereocenters. The number of aromatic nitrogens is 1. The number of benzene rings is 3. The predicted molar refractivity (Wildman–Crippen MR) is 104 cm³/mol. The summed E-state index contributed by atoms with van der Waals surface area (Å²) in [5.41, 5.74) is 6.17. The number of para-hydroxylation sites is 1. The molecule has 0 aliphatic carbocycles. The average Bonchev–Trinajstić information content (AvgIpc) is 3.11. The standard InChI is InChI=1S/C23H19FN2/c24-17-9-11-18(12-10-17)26-14-13-16-5-1-2-6-19(16)23(26)21-15-25-22-8-4-3-7-20(21)22/h1-12,15,23,25H,13-14H2. The second-order valence-electron chi connectivity index (χ2n) is 6.81. The Morgan fingerprint density at radius 3 is 2.50 bits per heavy atom. The third kappa shape index (κ3) is 2.39. The Labute approximate surface area is 151 Å². The van der Waals surface area contributed by atoms with E-state index < -0.39 is 0 Å². The molecule has 5 rings (SSSR count). The Hall–Kier alpha value is -3.07. The topological polar surface area (TPSA) is 19.0 Å². The highest BCUT2D eigenvalue weighted by molar-refractivity contribution is 5.85. The van der Waals surface area contributed by atoms with Gasteiger partial charge >= 0.3 is 0 Å². The van der Waals surface area contributed by atoms with Gasteiger partial charge in [0.05, 0.1) is 6.04 Å². The summed E-state index contributed by atoms with van der Waals surface area (Å²) in [4.78, 5) is 5.80. The van der Waals surface area contributed by atoms with Crippen molar-refractivity contribution in [3.8, 4) is 0 Å². The van der Waals surface area contributed by atoms with Crippen LogP contribution in [0.5, 0.6) is 0 Å². The summed E-state index contributed by atoms with van der Waals surface area (Å²) in [7, 11) is 0. The zero-order valence-corrected chi connectivity index (χ0v) is 14.3. The maximum Gasteiger partial charge on any atom is 0.123 e. The summed E-state index contributed by atoms with van der Waals surface area (Å²) in [5.74, 6) is -0.199. The fourth-order valence-electron chi connectivity index (χ4n) is 4.13. The van der Waals surface area contributed by atoms with E-state index in [2.05, 4.69) is 64.6 Å². The van der Waals surface area contributed by atoms with E-state index in [4.69, 9.17) is 0 Å². The molecule has 1 atom stereocenters. The van der Waals surface area contributed by atoms with Gasteiger partial charge in [-0.05, 0) is 47.9 Å². The van der Waals surface area contributed by atoms with Crippen molar-refractivity contribution in [3.05, 3.63) is 102 Å². The zero-order chi connectivity index (χ0) is 17.5. The zero-order valence-electron chi connectivity index (χ0n) is 14.3. The average molecular weight is 342 g/mol. The minimum atomic E-state index is -0.199. The number of hydrogen-bond acceptors (Lipinski definition) is 1. The van der Waals surface area contributed by atoms with Crippen LogP contribution in [0.4, 0.5) is 10.1 Å². The molecule has 4 aromatic rings. The second-order valence-corrected chi connectivity index (χ2v) is 6.81. The number of aromatic amines is 1. The Kier molecular flexibility index (Phi) is 3.52. The number of H-pyrrole nitrogens is 1. The van der Waals surface area contributed by atoms with Crippen molar-refractivity contribution in [3.63, 3.8) is 0 Å². The molecule has 1 aliphatic rings. The lowest BCUT2D eigenvalue weighted by Gasteiger charge is -2.39. The second kappa shape index (κ2) is 6.03. The number of fused-ring (bicyclic) bond motifs is 2. The third-order valence-electron chi connectivity index (χ3n) is 5.36. The lowest BCUT2D eigenvalue weighted by Crippen LogP contribution is -2.36. The molecular weight excluding hydrogens is 323 g/mol. The van der Waals surface area contributed by atoms with Gasteiger partial charge in [0.15, 0.2) is 0 Å². The van der Waals surface area contributed by atoms with Gasteiger partial charge in [0.1, 0.15) is 5.82 Å². The summed E-state index contributed by atoms with van der Waals surface area (Å²) >= 11 is 0. The van der Waals surface area contributed by atoms with Crippen molar-refractivity contribution in [2.24, 2.45) is 0 Å². The minimum Gasteiger partial charge on any atom is -0.361 e. The van der Waals surface area contributed by atoms with Crippen LogP contribution < -0.4 is 4.90 Å². The normalized spacial score (nSPS) is 16.7. The van der Waals surface area contributed by atoms with Gasteiger partial charge in [-0.1, -0.05) is 42.5 Å². The van der Waals surface area contributed by atoms with Crippen LogP contribution in [0.25, 0.3) is 10.9 Å². The quantitative estimate of drug-likeness (QED) is 0.512. The van der Waals surface area contributed by atoms with Crippen LogP contribution in [0.2, 0.25) is 0 Å². The number of rotatable bonds is 2. The Balaban J connectivity index is 1.71. The lowest BCUT2D eigenvalue weighted by molar-refractivity contribution is 0.624. The summed E-state index contributed by atoms with van der Waals surface area (Å²) in [6.07, 6.45) is 3.11. The van der Waals surface area contributed by atoms with Crippen molar-refractivity contribution >= 4 is 16.6 Å². The molecule has 0 fully saturated rings. The minimum absolute atomic E-state index is 0.113. The number of nitrogens with zero attached hydrogens (tertiary/aromatic N) is 1. The maximum absolute atomic E-state index is 13.4. The largest absolute Gasteiger partial charge is 0.361 e. The Morgan fingerprint density at radius 1 is 0.846 bits per heavy atom. The SMILES string of the molecule is Fc1ccc(N2CCc3ccccc3C2c2c[nH]c3ccccc23)cc1. The molecule has 128 valence electrons. The molecule has 1 aromatic heterocycles. The van der Waals surface area contributed by atoms with Crippen molar-refractivity contribution in [2.45, 2.75) is 12.5 Å². The first kappa shape index (κ1) is 15.2. The van der Waals surface area contributed by atoms with E-state index in [1.54, 1.807) is 12.1 Å². The van der Waals surface area contributed by atoms with Crippen LogP contribution in [-0.4, -0.2) is 11.5 Å². The lowest BCUT2D eigenvalue weighted by atomic mass is 9.87. The third-order valence-corrected chi connectivity index (χ3v) is 5.36. The summed E-state index contributed by atoms with van der Waals surface area (Å²) in [5, 5.41) is 1.24. The van der Waals surface area contributed by atoms with Crippen molar-refractivity contribution < 1.29 is 4.39 Å². The van der Waals surface area contributed by atoms with Gasteiger partial charge in [0.25, 0.3) is 0 Å². The van der Waals surface area contributed by atoms with Crippen LogP contribution in [0.15, 0.2) is 79.0 Å². The molecule has 1 aliphatic heterocycles. The highest BCUT2D eigenvalue weighted by atomic mass is 19.1. The first-order chi connectivity index (χ1) is 12.8. The van der Waals surface area contributed by atoms with Crippen LogP contribution in [0.3, 0.4) is 0 Å². The van der Waals surface area contributed by atoms with Crippen molar-refractivity contribution in [2.75, 3.05) is 11.4 Å². The fourth-order valence-corrected chi connectivity index (χ4v) is 4.13. The van der Waals surface area contributed by atoms with Gasteiger partial charge in [0, 0.05) is 34.9 Å². The molecule has 2 heterocycles. The molecule has 0 amide bonds. The van der Waals surface area contributed by atoms with E-state index in [1.807, 2.05) is 12.1 Å². The van der Waals surface area contributed by atoms with E-state index in [9.17, 15) is 4.39 Å². The van der Waals surface area contributed by atoms with Crippen LogP contribution in [-0.2, 0) is 6.42 Å². The smallest absolute Gasteiger partial charge is 0.123 e.